The zero-order valence-electron chi connectivity index (χ0n) is 19.1. The summed E-state index contributed by atoms with van der Waals surface area (Å²) in [5.74, 6) is 0. The molecule has 1 N–H and O–H groups in total. The minimum absolute atomic E-state index is 0.00581. The molecule has 5 rings (SSSR count). The van der Waals surface area contributed by atoms with E-state index in [1.807, 2.05) is 6.20 Å². The highest BCUT2D eigenvalue weighted by Gasteiger charge is 2.30. The minimum atomic E-state index is 0.00581. The van der Waals surface area contributed by atoms with Gasteiger partial charge in [-0.25, -0.2) is 4.68 Å². The quantitative estimate of drug-likeness (QED) is 0.358. The van der Waals surface area contributed by atoms with Crippen LogP contribution >= 0.6 is 21.7 Å². The highest BCUT2D eigenvalue weighted by molar-refractivity contribution is 8.22. The van der Waals surface area contributed by atoms with E-state index in [1.165, 1.54) is 55.7 Å². The molecular weight excluding hydrogens is 436 g/mol. The summed E-state index contributed by atoms with van der Waals surface area (Å²) in [6, 6.07) is 15.3. The summed E-state index contributed by atoms with van der Waals surface area (Å²) in [5, 5.41) is 6.41. The first-order valence-electron chi connectivity index (χ1n) is 11.1. The fourth-order valence-corrected chi connectivity index (χ4v) is 5.30. The molecule has 0 atom stereocenters. The van der Waals surface area contributed by atoms with Crippen LogP contribution in [0.5, 0.6) is 0 Å². The fraction of sp³-hybridized carbons (Fsp3) is 0.346. The molecule has 0 amide bonds. The number of aryl methyl sites for hydroxylation is 2. The molecule has 1 aliphatic heterocycles. The first kappa shape index (κ1) is 21.6. The van der Waals surface area contributed by atoms with Gasteiger partial charge in [0.05, 0.1) is 17.1 Å². The zero-order valence-corrected chi connectivity index (χ0v) is 20.6. The number of aromatic amines is 1. The minimum Gasteiger partial charge on any atom is -0.361 e. The molecule has 1 aliphatic rings. The standard InChI is InChI=1S/C26H29ClN4S/c1-17-6-5-7-18(2)24(17)31-25(20-8-9-22-19(14-20)10-12-28-22)21-15-30(13-11-23(21)29-31)16-26(3,4)32-27/h5-10,12,14,28H,11,13,15-16H2,1-4H3. The van der Waals surface area contributed by atoms with Crippen LogP contribution < -0.4 is 0 Å². The molecule has 4 aromatic rings. The summed E-state index contributed by atoms with van der Waals surface area (Å²) < 4.78 is 2.21. The zero-order chi connectivity index (χ0) is 22.5. The lowest BCUT2D eigenvalue weighted by molar-refractivity contribution is 0.237. The lowest BCUT2D eigenvalue weighted by Gasteiger charge is -2.33. The molecule has 0 radical (unpaired) electrons. The van der Waals surface area contributed by atoms with Gasteiger partial charge >= 0.3 is 0 Å². The van der Waals surface area contributed by atoms with Gasteiger partial charge in [0.15, 0.2) is 0 Å². The van der Waals surface area contributed by atoms with Gasteiger partial charge in [0.25, 0.3) is 0 Å². The Labute approximate surface area is 198 Å². The summed E-state index contributed by atoms with van der Waals surface area (Å²) >= 11 is 0. The van der Waals surface area contributed by atoms with Gasteiger partial charge in [-0.3, -0.25) is 4.90 Å². The van der Waals surface area contributed by atoms with Crippen LogP contribution in [0, 0.1) is 13.8 Å². The number of fused-ring (bicyclic) bond motifs is 2. The number of hydrogen-bond acceptors (Lipinski definition) is 3. The predicted molar refractivity (Wildman–Crippen MR) is 137 cm³/mol. The average molecular weight is 465 g/mol. The molecule has 166 valence electrons. The number of nitrogens with zero attached hydrogens (tertiary/aromatic N) is 3. The highest BCUT2D eigenvalue weighted by Crippen LogP contribution is 2.37. The van der Waals surface area contributed by atoms with Gasteiger partial charge in [-0.05, 0) is 78.7 Å². The monoisotopic (exact) mass is 464 g/mol. The van der Waals surface area contributed by atoms with Crippen molar-refractivity contribution in [3.8, 4) is 16.9 Å². The molecule has 0 saturated carbocycles. The normalized spacial score (nSPS) is 14.8. The summed E-state index contributed by atoms with van der Waals surface area (Å²) in [6.45, 7) is 11.6. The number of hydrogen-bond donors (Lipinski definition) is 1. The number of aromatic nitrogens is 3. The van der Waals surface area contributed by atoms with Crippen molar-refractivity contribution >= 4 is 32.6 Å². The van der Waals surface area contributed by atoms with Crippen molar-refractivity contribution in [3.63, 3.8) is 0 Å². The van der Waals surface area contributed by atoms with Crippen molar-refractivity contribution in [2.45, 2.75) is 45.4 Å². The van der Waals surface area contributed by atoms with Gasteiger partial charge in [0.2, 0.25) is 0 Å². The predicted octanol–water partition coefficient (Wildman–Crippen LogP) is 6.66. The number of para-hydroxylation sites is 1. The Hall–Kier alpha value is -2.21. The Morgan fingerprint density at radius 1 is 1.12 bits per heavy atom. The van der Waals surface area contributed by atoms with E-state index < -0.39 is 0 Å². The van der Waals surface area contributed by atoms with E-state index in [4.69, 9.17) is 15.8 Å². The van der Waals surface area contributed by atoms with Crippen LogP contribution in [0.3, 0.4) is 0 Å². The molecule has 0 spiro atoms. The van der Waals surface area contributed by atoms with E-state index in [0.29, 0.717) is 0 Å². The van der Waals surface area contributed by atoms with Crippen LogP contribution in [-0.2, 0) is 13.0 Å². The second-order valence-corrected chi connectivity index (χ2v) is 11.2. The first-order valence-corrected chi connectivity index (χ1v) is 12.8. The van der Waals surface area contributed by atoms with Crippen molar-refractivity contribution in [2.24, 2.45) is 0 Å². The molecule has 0 aliphatic carbocycles. The molecule has 0 saturated heterocycles. The van der Waals surface area contributed by atoms with E-state index in [2.05, 4.69) is 84.7 Å². The van der Waals surface area contributed by atoms with Crippen molar-refractivity contribution < 1.29 is 0 Å². The molecule has 2 aromatic carbocycles. The van der Waals surface area contributed by atoms with Gasteiger partial charge in [-0.2, -0.15) is 5.10 Å². The van der Waals surface area contributed by atoms with Crippen LogP contribution in [0.25, 0.3) is 27.8 Å². The second-order valence-electron chi connectivity index (χ2n) is 9.50. The van der Waals surface area contributed by atoms with E-state index in [1.54, 1.807) is 0 Å². The Morgan fingerprint density at radius 2 is 1.91 bits per heavy atom. The largest absolute Gasteiger partial charge is 0.361 e. The van der Waals surface area contributed by atoms with E-state index in [9.17, 15) is 0 Å². The van der Waals surface area contributed by atoms with Gasteiger partial charge in [-0.1, -0.05) is 24.3 Å². The Morgan fingerprint density at radius 3 is 2.66 bits per heavy atom. The summed E-state index contributed by atoms with van der Waals surface area (Å²) in [7, 11) is 7.59. The van der Waals surface area contributed by atoms with Crippen LogP contribution in [0.2, 0.25) is 0 Å². The molecule has 0 fully saturated rings. The fourth-order valence-electron chi connectivity index (χ4n) is 4.93. The number of halogens is 1. The lowest BCUT2D eigenvalue weighted by Crippen LogP contribution is -2.39. The first-order chi connectivity index (χ1) is 15.4. The summed E-state index contributed by atoms with van der Waals surface area (Å²) in [6.07, 6.45) is 2.95. The molecule has 0 unspecified atom stereocenters. The van der Waals surface area contributed by atoms with Gasteiger partial charge in [0.1, 0.15) is 0 Å². The molecule has 0 bridgehead atoms. The topological polar surface area (TPSA) is 36.9 Å². The molecule has 3 heterocycles. The van der Waals surface area contributed by atoms with Crippen LogP contribution in [-0.4, -0.2) is 37.5 Å². The number of nitrogens with one attached hydrogen (secondary N) is 1. The van der Waals surface area contributed by atoms with Gasteiger partial charge in [-0.15, -0.1) is 0 Å². The Kier molecular flexibility index (Phi) is 5.60. The maximum absolute atomic E-state index is 6.17. The smallest absolute Gasteiger partial charge is 0.0789 e. The van der Waals surface area contributed by atoms with Crippen molar-refractivity contribution in [1.29, 1.82) is 0 Å². The van der Waals surface area contributed by atoms with Gasteiger partial charge < -0.3 is 4.98 Å². The van der Waals surface area contributed by atoms with Gasteiger partial charge in [0, 0.05) is 59.0 Å². The van der Waals surface area contributed by atoms with E-state index >= 15 is 0 Å². The van der Waals surface area contributed by atoms with E-state index in [-0.39, 0.29) is 4.75 Å². The molecule has 4 nitrogen and oxygen atoms in total. The third-order valence-electron chi connectivity index (χ3n) is 6.40. The second kappa shape index (κ2) is 8.29. The Balaban J connectivity index is 1.68. The lowest BCUT2D eigenvalue weighted by atomic mass is 9.98. The van der Waals surface area contributed by atoms with Crippen molar-refractivity contribution in [2.75, 3.05) is 13.1 Å². The summed E-state index contributed by atoms with van der Waals surface area (Å²) in [4.78, 5) is 5.83. The van der Waals surface area contributed by atoms with Crippen molar-refractivity contribution in [1.82, 2.24) is 19.7 Å². The van der Waals surface area contributed by atoms with E-state index in [0.717, 1.165) is 31.6 Å². The number of benzene rings is 2. The molecular formula is C26H29ClN4S. The van der Waals surface area contributed by atoms with Crippen LogP contribution in [0.1, 0.15) is 36.2 Å². The van der Waals surface area contributed by atoms with Crippen LogP contribution in [0.4, 0.5) is 0 Å². The molecule has 2 aromatic heterocycles. The maximum Gasteiger partial charge on any atom is 0.0789 e. The van der Waals surface area contributed by atoms with Crippen molar-refractivity contribution in [3.05, 3.63) is 71.0 Å². The van der Waals surface area contributed by atoms with Crippen LogP contribution in [0.15, 0.2) is 48.7 Å². The Bertz CT molecular complexity index is 1270. The maximum atomic E-state index is 6.17. The molecule has 6 heteroatoms. The highest BCUT2D eigenvalue weighted by atomic mass is 35.7. The summed E-state index contributed by atoms with van der Waals surface area (Å²) in [5.41, 5.74) is 9.80. The SMILES string of the molecule is Cc1cccc(C)c1-n1nc2c(c1-c1ccc3[nH]ccc3c1)CN(CC(C)(C)SCl)CC2. The number of rotatable bonds is 5. The average Bonchev–Trinajstić information content (AvgIpc) is 3.37. The third kappa shape index (κ3) is 3.87. The third-order valence-corrected chi connectivity index (χ3v) is 8.20. The number of H-pyrrole nitrogens is 1. The molecule has 32 heavy (non-hydrogen) atoms.